The molecule has 2 rings (SSSR count). The molecule has 0 saturated carbocycles. The molecule has 1 aromatic carbocycles. The quantitative estimate of drug-likeness (QED) is 0.842. The summed E-state index contributed by atoms with van der Waals surface area (Å²) >= 11 is 11.9. The van der Waals surface area contributed by atoms with E-state index in [1.165, 1.54) is 6.08 Å². The first-order chi connectivity index (χ1) is 9.49. The van der Waals surface area contributed by atoms with Gasteiger partial charge in [-0.15, -0.1) is 0 Å². The maximum absolute atomic E-state index is 11.8. The van der Waals surface area contributed by atoms with E-state index in [9.17, 15) is 4.79 Å². The maximum Gasteiger partial charge on any atom is 0.249 e. The van der Waals surface area contributed by atoms with E-state index in [-0.39, 0.29) is 5.91 Å². The third kappa shape index (κ3) is 3.21. The van der Waals surface area contributed by atoms with Crippen molar-refractivity contribution in [2.75, 3.05) is 5.32 Å². The Morgan fingerprint density at radius 2 is 2.10 bits per heavy atom. The van der Waals surface area contributed by atoms with Crippen LogP contribution in [0.2, 0.25) is 10.0 Å². The predicted octanol–water partition coefficient (Wildman–Crippen LogP) is 3.99. The van der Waals surface area contributed by atoms with Gasteiger partial charge in [-0.1, -0.05) is 35.3 Å². The molecule has 0 unspecified atom stereocenters. The molecule has 2 N–H and O–H groups in total. The van der Waals surface area contributed by atoms with Gasteiger partial charge in [0, 0.05) is 17.3 Å². The summed E-state index contributed by atoms with van der Waals surface area (Å²) < 4.78 is 0. The van der Waals surface area contributed by atoms with Crippen LogP contribution in [0.5, 0.6) is 0 Å². The maximum atomic E-state index is 11.8. The van der Waals surface area contributed by atoms with Crippen LogP contribution < -0.4 is 5.32 Å². The first kappa shape index (κ1) is 14.6. The van der Waals surface area contributed by atoms with Gasteiger partial charge in [-0.05, 0) is 31.6 Å². The number of aromatic nitrogens is 2. The number of halogens is 2. The third-order valence-corrected chi connectivity index (χ3v) is 3.72. The van der Waals surface area contributed by atoms with Gasteiger partial charge in [-0.2, -0.15) is 5.10 Å². The zero-order chi connectivity index (χ0) is 14.7. The number of H-pyrrole nitrogens is 1. The Bertz CT molecular complexity index is 677. The molecule has 0 aliphatic carbocycles. The van der Waals surface area contributed by atoms with Crippen LogP contribution >= 0.6 is 23.2 Å². The second-order valence-corrected chi connectivity index (χ2v) is 5.07. The Labute approximate surface area is 126 Å². The number of aryl methyl sites for hydroxylation is 1. The molecule has 104 valence electrons. The number of nitrogens with zero attached hydrogens (tertiary/aromatic N) is 1. The van der Waals surface area contributed by atoms with Gasteiger partial charge < -0.3 is 5.32 Å². The molecule has 20 heavy (non-hydrogen) atoms. The molecule has 1 amide bonds. The van der Waals surface area contributed by atoms with Crippen LogP contribution in [0.15, 0.2) is 24.3 Å². The normalized spacial score (nSPS) is 11.0. The van der Waals surface area contributed by atoms with E-state index in [1.54, 1.807) is 24.3 Å². The van der Waals surface area contributed by atoms with Gasteiger partial charge in [0.15, 0.2) is 5.82 Å². The molecule has 0 aliphatic heterocycles. The van der Waals surface area contributed by atoms with Crippen LogP contribution in [-0.2, 0) is 4.79 Å². The lowest BCUT2D eigenvalue weighted by Crippen LogP contribution is -2.09. The van der Waals surface area contributed by atoms with Crippen molar-refractivity contribution in [1.82, 2.24) is 10.2 Å². The zero-order valence-electron chi connectivity index (χ0n) is 11.0. The number of hydrogen-bond donors (Lipinski definition) is 2. The monoisotopic (exact) mass is 309 g/mol. The standard InChI is InChI=1S/C14H13Cl2N3O/c1-8-9(2)18-19-14(8)17-12(20)7-6-10-4-3-5-11(15)13(10)16/h3-7H,1-2H3,(H2,17,18,19,20)/b7-6+. The fourth-order valence-electron chi connectivity index (χ4n) is 1.58. The molecule has 0 bridgehead atoms. The third-order valence-electron chi connectivity index (χ3n) is 2.89. The summed E-state index contributed by atoms with van der Waals surface area (Å²) in [7, 11) is 0. The lowest BCUT2D eigenvalue weighted by Gasteiger charge is -2.01. The fraction of sp³-hybridized carbons (Fsp3) is 0.143. The minimum absolute atomic E-state index is 0.282. The second kappa shape index (κ2) is 6.11. The highest BCUT2D eigenvalue weighted by atomic mass is 35.5. The van der Waals surface area contributed by atoms with E-state index in [1.807, 2.05) is 13.8 Å². The molecule has 0 radical (unpaired) electrons. The van der Waals surface area contributed by atoms with Crippen molar-refractivity contribution in [2.45, 2.75) is 13.8 Å². The molecule has 0 saturated heterocycles. The number of aromatic amines is 1. The second-order valence-electron chi connectivity index (χ2n) is 4.29. The van der Waals surface area contributed by atoms with Crippen molar-refractivity contribution in [1.29, 1.82) is 0 Å². The number of nitrogens with one attached hydrogen (secondary N) is 2. The van der Waals surface area contributed by atoms with E-state index < -0.39 is 0 Å². The van der Waals surface area contributed by atoms with Crippen molar-refractivity contribution in [3.63, 3.8) is 0 Å². The van der Waals surface area contributed by atoms with Gasteiger partial charge >= 0.3 is 0 Å². The van der Waals surface area contributed by atoms with Crippen LogP contribution in [-0.4, -0.2) is 16.1 Å². The number of amides is 1. The van der Waals surface area contributed by atoms with Crippen LogP contribution in [0.25, 0.3) is 6.08 Å². The van der Waals surface area contributed by atoms with Gasteiger partial charge in [-0.25, -0.2) is 0 Å². The van der Waals surface area contributed by atoms with E-state index in [4.69, 9.17) is 23.2 Å². The Morgan fingerprint density at radius 3 is 2.75 bits per heavy atom. The van der Waals surface area contributed by atoms with Gasteiger partial charge in [-0.3, -0.25) is 9.89 Å². The predicted molar refractivity (Wildman–Crippen MR) is 82.2 cm³/mol. The molecule has 1 aromatic heterocycles. The molecule has 0 aliphatic rings. The van der Waals surface area contributed by atoms with Gasteiger partial charge in [0.2, 0.25) is 5.91 Å². The first-order valence-electron chi connectivity index (χ1n) is 5.93. The Kier molecular flexibility index (Phi) is 4.47. The minimum atomic E-state index is -0.282. The largest absolute Gasteiger partial charge is 0.305 e. The number of rotatable bonds is 3. The minimum Gasteiger partial charge on any atom is -0.305 e. The fourth-order valence-corrected chi connectivity index (χ4v) is 1.95. The summed E-state index contributed by atoms with van der Waals surface area (Å²) in [6.45, 7) is 3.77. The summed E-state index contributed by atoms with van der Waals surface area (Å²) in [5.74, 6) is 0.241. The lowest BCUT2D eigenvalue weighted by atomic mass is 10.2. The number of hydrogen-bond acceptors (Lipinski definition) is 2. The van der Waals surface area contributed by atoms with Crippen LogP contribution in [0.3, 0.4) is 0 Å². The molecule has 0 fully saturated rings. The zero-order valence-corrected chi connectivity index (χ0v) is 12.5. The van der Waals surface area contributed by atoms with Crippen molar-refractivity contribution >= 4 is 41.0 Å². The summed E-state index contributed by atoms with van der Waals surface area (Å²) in [5.41, 5.74) is 2.51. The van der Waals surface area contributed by atoms with E-state index in [0.29, 0.717) is 21.4 Å². The first-order valence-corrected chi connectivity index (χ1v) is 6.69. The number of carbonyl (C=O) groups excluding carboxylic acids is 1. The Hall–Kier alpha value is -1.78. The van der Waals surface area contributed by atoms with Crippen LogP contribution in [0.1, 0.15) is 16.8 Å². The Morgan fingerprint density at radius 1 is 1.35 bits per heavy atom. The van der Waals surface area contributed by atoms with Crippen molar-refractivity contribution in [3.05, 3.63) is 51.1 Å². The van der Waals surface area contributed by atoms with Crippen LogP contribution in [0, 0.1) is 13.8 Å². The summed E-state index contributed by atoms with van der Waals surface area (Å²) in [6, 6.07) is 5.24. The average molecular weight is 310 g/mol. The van der Waals surface area contributed by atoms with Crippen molar-refractivity contribution in [2.24, 2.45) is 0 Å². The van der Waals surface area contributed by atoms with E-state index >= 15 is 0 Å². The molecular formula is C14H13Cl2N3O. The van der Waals surface area contributed by atoms with Crippen molar-refractivity contribution < 1.29 is 4.79 Å². The SMILES string of the molecule is Cc1[nH]nc(NC(=O)/C=C/c2cccc(Cl)c2Cl)c1C. The van der Waals surface area contributed by atoms with Crippen LogP contribution in [0.4, 0.5) is 5.82 Å². The van der Waals surface area contributed by atoms with Gasteiger partial charge in [0.05, 0.1) is 10.0 Å². The smallest absolute Gasteiger partial charge is 0.249 e. The topological polar surface area (TPSA) is 57.8 Å². The highest BCUT2D eigenvalue weighted by Gasteiger charge is 2.07. The molecule has 1 heterocycles. The lowest BCUT2D eigenvalue weighted by molar-refractivity contribution is -0.111. The Balaban J connectivity index is 2.10. The molecule has 6 heteroatoms. The highest BCUT2D eigenvalue weighted by Crippen LogP contribution is 2.26. The summed E-state index contributed by atoms with van der Waals surface area (Å²) in [6.07, 6.45) is 3.00. The van der Waals surface area contributed by atoms with Gasteiger partial charge in [0.1, 0.15) is 0 Å². The average Bonchev–Trinajstić information content (AvgIpc) is 2.72. The number of carbonyl (C=O) groups is 1. The molecule has 0 spiro atoms. The molecule has 4 nitrogen and oxygen atoms in total. The van der Waals surface area contributed by atoms with Crippen molar-refractivity contribution in [3.8, 4) is 0 Å². The molecule has 2 aromatic rings. The number of benzene rings is 1. The molecular weight excluding hydrogens is 297 g/mol. The van der Waals surface area contributed by atoms with E-state index in [0.717, 1.165) is 11.3 Å². The summed E-state index contributed by atoms with van der Waals surface area (Å²) in [4.78, 5) is 11.8. The molecule has 0 atom stereocenters. The highest BCUT2D eigenvalue weighted by molar-refractivity contribution is 6.42. The van der Waals surface area contributed by atoms with E-state index in [2.05, 4.69) is 15.5 Å². The summed E-state index contributed by atoms with van der Waals surface area (Å²) in [5, 5.41) is 10.4. The number of anilines is 1. The van der Waals surface area contributed by atoms with Gasteiger partial charge in [0.25, 0.3) is 0 Å².